The van der Waals surface area contributed by atoms with E-state index in [9.17, 15) is 0 Å². The van der Waals surface area contributed by atoms with Crippen LogP contribution in [0.15, 0.2) is 42.6 Å². The van der Waals surface area contributed by atoms with Gasteiger partial charge in [-0.25, -0.2) is 9.67 Å². The van der Waals surface area contributed by atoms with Gasteiger partial charge in [-0.1, -0.05) is 12.1 Å². The van der Waals surface area contributed by atoms with Crippen LogP contribution < -0.4 is 4.74 Å². The third-order valence-electron chi connectivity index (χ3n) is 3.95. The third-order valence-corrected chi connectivity index (χ3v) is 3.95. The Morgan fingerprint density at radius 2 is 1.96 bits per heavy atom. The van der Waals surface area contributed by atoms with E-state index in [0.29, 0.717) is 5.95 Å². The van der Waals surface area contributed by atoms with Gasteiger partial charge in [0.2, 0.25) is 0 Å². The molecule has 6 heteroatoms. The summed E-state index contributed by atoms with van der Waals surface area (Å²) >= 11 is 0. The average molecular weight is 319 g/mol. The van der Waals surface area contributed by atoms with Crippen LogP contribution in [0, 0.1) is 13.8 Å². The van der Waals surface area contributed by atoms with Crippen molar-refractivity contribution in [3.8, 4) is 23.0 Å². The van der Waals surface area contributed by atoms with Crippen molar-refractivity contribution in [2.45, 2.75) is 13.8 Å². The number of nitrogens with zero attached hydrogens (tertiary/aromatic N) is 4. The molecule has 0 fully saturated rings. The summed E-state index contributed by atoms with van der Waals surface area (Å²) in [7, 11) is 1.66. The van der Waals surface area contributed by atoms with Crippen molar-refractivity contribution in [3.63, 3.8) is 0 Å². The Labute approximate surface area is 139 Å². The number of aromatic nitrogens is 5. The molecule has 0 radical (unpaired) electrons. The van der Waals surface area contributed by atoms with Gasteiger partial charge in [0.15, 0.2) is 0 Å². The van der Waals surface area contributed by atoms with Crippen molar-refractivity contribution < 1.29 is 4.74 Å². The molecular weight excluding hydrogens is 302 g/mol. The standard InChI is InChI=1S/C18H17N5O/c1-11-9-12(2)23(22-11)18-20-16(15-7-8-19-17(15)21-18)13-5-4-6-14(10-13)24-3/h4-10H,1-3H3,(H,19,20,21). The number of nitrogens with one attached hydrogen (secondary N) is 1. The van der Waals surface area contributed by atoms with Gasteiger partial charge in [0.05, 0.1) is 18.5 Å². The molecule has 4 rings (SSSR count). The molecule has 3 aromatic heterocycles. The summed E-state index contributed by atoms with van der Waals surface area (Å²) in [5, 5.41) is 5.46. The number of rotatable bonds is 3. The Morgan fingerprint density at radius 1 is 1.08 bits per heavy atom. The molecule has 6 nitrogen and oxygen atoms in total. The van der Waals surface area contributed by atoms with Gasteiger partial charge >= 0.3 is 0 Å². The van der Waals surface area contributed by atoms with Gasteiger partial charge in [-0.3, -0.25) is 0 Å². The smallest absolute Gasteiger partial charge is 0.253 e. The lowest BCUT2D eigenvalue weighted by Crippen LogP contribution is -2.06. The monoisotopic (exact) mass is 319 g/mol. The number of methoxy groups -OCH3 is 1. The minimum absolute atomic E-state index is 0.549. The molecular formula is C18H17N5O. The normalized spacial score (nSPS) is 11.1. The number of H-pyrrole nitrogens is 1. The molecule has 0 amide bonds. The van der Waals surface area contributed by atoms with Crippen LogP contribution in [0.2, 0.25) is 0 Å². The number of aryl methyl sites for hydroxylation is 2. The van der Waals surface area contributed by atoms with E-state index >= 15 is 0 Å². The lowest BCUT2D eigenvalue weighted by molar-refractivity contribution is 0.415. The number of hydrogen-bond donors (Lipinski definition) is 1. The quantitative estimate of drug-likeness (QED) is 0.628. The fraction of sp³-hybridized carbons (Fsp3) is 0.167. The van der Waals surface area contributed by atoms with Gasteiger partial charge in [-0.2, -0.15) is 10.1 Å². The van der Waals surface area contributed by atoms with Crippen LogP contribution in [-0.4, -0.2) is 31.8 Å². The molecule has 4 aromatic rings. The Morgan fingerprint density at radius 3 is 2.71 bits per heavy atom. The molecule has 0 unspecified atom stereocenters. The Kier molecular flexibility index (Phi) is 3.30. The van der Waals surface area contributed by atoms with E-state index in [0.717, 1.165) is 39.4 Å². The molecule has 0 aliphatic carbocycles. The first kappa shape index (κ1) is 14.4. The van der Waals surface area contributed by atoms with E-state index in [1.807, 2.05) is 56.4 Å². The molecule has 24 heavy (non-hydrogen) atoms. The number of ether oxygens (including phenoxy) is 1. The van der Waals surface area contributed by atoms with Gasteiger partial charge in [0.1, 0.15) is 11.4 Å². The Balaban J connectivity index is 1.97. The summed E-state index contributed by atoms with van der Waals surface area (Å²) in [4.78, 5) is 12.6. The molecule has 1 N–H and O–H groups in total. The molecule has 0 aliphatic heterocycles. The summed E-state index contributed by atoms with van der Waals surface area (Å²) in [5.41, 5.74) is 4.54. The van der Waals surface area contributed by atoms with Gasteiger partial charge in [0, 0.05) is 22.8 Å². The van der Waals surface area contributed by atoms with Crippen LogP contribution >= 0.6 is 0 Å². The van der Waals surface area contributed by atoms with Crippen molar-refractivity contribution in [1.82, 2.24) is 24.7 Å². The summed E-state index contributed by atoms with van der Waals surface area (Å²) < 4.78 is 7.10. The summed E-state index contributed by atoms with van der Waals surface area (Å²) in [5.74, 6) is 1.34. The first-order valence-corrected chi connectivity index (χ1v) is 7.69. The van der Waals surface area contributed by atoms with Gasteiger partial charge in [-0.05, 0) is 38.1 Å². The van der Waals surface area contributed by atoms with E-state index in [-0.39, 0.29) is 0 Å². The number of hydrogen-bond acceptors (Lipinski definition) is 4. The number of aromatic amines is 1. The first-order chi connectivity index (χ1) is 11.7. The largest absolute Gasteiger partial charge is 0.497 e. The zero-order valence-corrected chi connectivity index (χ0v) is 13.7. The Bertz CT molecular complexity index is 1030. The van der Waals surface area contributed by atoms with Gasteiger partial charge in [0.25, 0.3) is 5.95 Å². The van der Waals surface area contributed by atoms with Crippen molar-refractivity contribution in [1.29, 1.82) is 0 Å². The highest BCUT2D eigenvalue weighted by molar-refractivity contribution is 5.91. The van der Waals surface area contributed by atoms with E-state index in [1.165, 1.54) is 0 Å². The lowest BCUT2D eigenvalue weighted by Gasteiger charge is -2.09. The predicted molar refractivity (Wildman–Crippen MR) is 92.5 cm³/mol. The molecule has 0 saturated heterocycles. The molecule has 3 heterocycles. The van der Waals surface area contributed by atoms with E-state index in [2.05, 4.69) is 15.1 Å². The Hall–Kier alpha value is -3.15. The highest BCUT2D eigenvalue weighted by atomic mass is 16.5. The van der Waals surface area contributed by atoms with Crippen molar-refractivity contribution in [2.24, 2.45) is 0 Å². The maximum Gasteiger partial charge on any atom is 0.253 e. The van der Waals surface area contributed by atoms with Crippen LogP contribution in [0.1, 0.15) is 11.4 Å². The van der Waals surface area contributed by atoms with E-state index < -0.39 is 0 Å². The third kappa shape index (κ3) is 2.32. The number of benzene rings is 1. The topological polar surface area (TPSA) is 68.6 Å². The fourth-order valence-corrected chi connectivity index (χ4v) is 2.85. The maximum atomic E-state index is 5.34. The maximum absolute atomic E-state index is 5.34. The molecule has 0 aliphatic rings. The molecule has 0 spiro atoms. The lowest BCUT2D eigenvalue weighted by atomic mass is 10.1. The zero-order valence-electron chi connectivity index (χ0n) is 13.7. The first-order valence-electron chi connectivity index (χ1n) is 7.69. The van der Waals surface area contributed by atoms with Crippen LogP contribution in [0.5, 0.6) is 5.75 Å². The zero-order chi connectivity index (χ0) is 16.7. The molecule has 1 aromatic carbocycles. The van der Waals surface area contributed by atoms with E-state index in [1.54, 1.807) is 11.8 Å². The molecule has 120 valence electrons. The second-order valence-corrected chi connectivity index (χ2v) is 5.68. The predicted octanol–water partition coefficient (Wildman–Crippen LogP) is 3.44. The second-order valence-electron chi connectivity index (χ2n) is 5.68. The average Bonchev–Trinajstić information content (AvgIpc) is 3.19. The SMILES string of the molecule is COc1cccc(-c2nc(-n3nc(C)cc3C)nc3[nH]ccc23)c1. The van der Waals surface area contributed by atoms with Crippen LogP contribution in [0.4, 0.5) is 0 Å². The summed E-state index contributed by atoms with van der Waals surface area (Å²) in [6.07, 6.45) is 1.87. The summed E-state index contributed by atoms with van der Waals surface area (Å²) in [6, 6.07) is 11.9. The molecule has 0 saturated carbocycles. The van der Waals surface area contributed by atoms with Crippen LogP contribution in [0.25, 0.3) is 28.2 Å². The van der Waals surface area contributed by atoms with Crippen LogP contribution in [-0.2, 0) is 0 Å². The summed E-state index contributed by atoms with van der Waals surface area (Å²) in [6.45, 7) is 3.95. The molecule has 0 atom stereocenters. The van der Waals surface area contributed by atoms with Crippen LogP contribution in [0.3, 0.4) is 0 Å². The number of fused-ring (bicyclic) bond motifs is 1. The fourth-order valence-electron chi connectivity index (χ4n) is 2.85. The highest BCUT2D eigenvalue weighted by Crippen LogP contribution is 2.29. The second kappa shape index (κ2) is 5.49. The van der Waals surface area contributed by atoms with Crippen molar-refractivity contribution in [2.75, 3.05) is 7.11 Å². The molecule has 0 bridgehead atoms. The van der Waals surface area contributed by atoms with E-state index in [4.69, 9.17) is 9.72 Å². The highest BCUT2D eigenvalue weighted by Gasteiger charge is 2.14. The van der Waals surface area contributed by atoms with Gasteiger partial charge < -0.3 is 9.72 Å². The van der Waals surface area contributed by atoms with Crippen molar-refractivity contribution in [3.05, 3.63) is 54.0 Å². The minimum atomic E-state index is 0.549. The minimum Gasteiger partial charge on any atom is -0.497 e. The van der Waals surface area contributed by atoms with Crippen molar-refractivity contribution >= 4 is 11.0 Å². The van der Waals surface area contributed by atoms with Gasteiger partial charge in [-0.15, -0.1) is 0 Å².